The second kappa shape index (κ2) is 27.9. The first kappa shape index (κ1) is 56.7. The van der Waals surface area contributed by atoms with Gasteiger partial charge in [0.15, 0.2) is 0 Å². The third-order valence-electron chi connectivity index (χ3n) is 9.04. The van der Waals surface area contributed by atoms with Crippen LogP contribution in [0.5, 0.6) is 0 Å². The smallest absolute Gasteiger partial charge is 0.381 e. The first-order valence-corrected chi connectivity index (χ1v) is 39.4. The Morgan fingerprint density at radius 1 is 0.312 bits per heavy atom. The van der Waals surface area contributed by atoms with Crippen molar-refractivity contribution in [2.75, 3.05) is 52.9 Å². The van der Waals surface area contributed by atoms with Gasteiger partial charge in [-0.3, -0.25) is 0 Å². The average molecular weight is 828 g/mol. The van der Waals surface area contributed by atoms with Crippen LogP contribution in [0.15, 0.2) is 0 Å². The van der Waals surface area contributed by atoms with Crippen LogP contribution in [-0.4, -0.2) is 101 Å². The molecule has 0 aliphatic carbocycles. The minimum Gasteiger partial charge on any atom is -0.381 e. The fourth-order valence-corrected chi connectivity index (χ4v) is 66.7. The molecule has 0 N–H and O–H groups in total. The van der Waals surface area contributed by atoms with Gasteiger partial charge in [0.1, 0.15) is 0 Å². The van der Waals surface area contributed by atoms with Crippen molar-refractivity contribution in [2.24, 2.45) is 0 Å². The van der Waals surface area contributed by atoms with Crippen LogP contribution in [0, 0.1) is 9.58 Å². The van der Waals surface area contributed by atoms with Crippen LogP contribution in [-0.2, 0) is 18.9 Å². The van der Waals surface area contributed by atoms with E-state index in [4.69, 9.17) is 18.9 Å². The molecule has 0 amide bonds. The van der Waals surface area contributed by atoms with Gasteiger partial charge in [-0.25, -0.2) is 0 Å². The predicted octanol–water partition coefficient (Wildman–Crippen LogP) is 5.34. The first-order valence-electron chi connectivity index (χ1n) is 19.0. The van der Waals surface area contributed by atoms with E-state index < -0.39 is 48.4 Å². The second-order valence-corrected chi connectivity index (χ2v) is 51.8. The van der Waals surface area contributed by atoms with Crippen LogP contribution < -0.4 is 103 Å². The van der Waals surface area contributed by atoms with Crippen LogP contribution in [0.1, 0.15) is 51.4 Å². The maximum absolute atomic E-state index is 4.94. The van der Waals surface area contributed by atoms with Crippen LogP contribution in [0.25, 0.3) is 0 Å². The molecule has 0 saturated carbocycles. The molecule has 12 heteroatoms. The van der Waals surface area contributed by atoms with Gasteiger partial charge in [-0.15, -0.1) is 32.3 Å². The fraction of sp³-hybridized carbons (Fsp3) is 0.944. The van der Waals surface area contributed by atoms with E-state index in [1.165, 1.54) is 51.4 Å². The van der Waals surface area contributed by atoms with Gasteiger partial charge in [0.2, 0.25) is 0 Å². The van der Waals surface area contributed by atoms with Crippen molar-refractivity contribution < 1.29 is 122 Å². The van der Waals surface area contributed by atoms with E-state index in [2.05, 4.69) is 114 Å². The standard InChI is InChI=1S/C20H52Si6.4C4H8O.2K/c1-21(2,3)19(22(4,5)6)25(13,14)17-18-26(15,16)20(23(7,8)9)24(10,11)12;4*1-2-4-5-3-1;;/h17-18H2,1-16H3;4*1-4H2;;/q-2;;;;;2*+1. The number of ether oxygens (including phenoxy) is 4. The SMILES string of the molecule is C1CCOC1.C1CCOC1.C1CCOC1.C1CCOC1.C[Si](C)(C)[C-]([Si](C)(C)C)[Si](C)(C)CC[Si](C)(C)[C-]([Si](C)(C)C)[Si](C)(C)C.[K+].[K+]. The zero-order valence-electron chi connectivity index (χ0n) is 36.4. The fourth-order valence-electron chi connectivity index (χ4n) is 9.23. The molecule has 0 spiro atoms. The Bertz CT molecular complexity index is 620. The van der Waals surface area contributed by atoms with Crippen molar-refractivity contribution in [1.82, 2.24) is 0 Å². The summed E-state index contributed by atoms with van der Waals surface area (Å²) in [6.07, 6.45) is 10.2. The van der Waals surface area contributed by atoms with Gasteiger partial charge in [0.25, 0.3) is 0 Å². The Kier molecular flexibility index (Phi) is 33.0. The minimum absolute atomic E-state index is 0. The molecule has 278 valence electrons. The third-order valence-corrected chi connectivity index (χ3v) is 47.4. The second-order valence-electron chi connectivity index (χ2n) is 19.3. The van der Waals surface area contributed by atoms with Crippen molar-refractivity contribution in [3.63, 3.8) is 0 Å². The molecule has 0 bridgehead atoms. The summed E-state index contributed by atoms with van der Waals surface area (Å²) in [5, 5.41) is 0. The Morgan fingerprint density at radius 3 is 0.542 bits per heavy atom. The number of hydrogen-bond donors (Lipinski definition) is 0. The summed E-state index contributed by atoms with van der Waals surface area (Å²) < 4.78 is 19.8. The molecule has 4 aliphatic heterocycles. The van der Waals surface area contributed by atoms with Crippen molar-refractivity contribution in [3.8, 4) is 0 Å². The molecule has 4 rings (SSSR count). The molecule has 4 fully saturated rings. The van der Waals surface area contributed by atoms with E-state index in [0.29, 0.717) is 0 Å². The summed E-state index contributed by atoms with van der Waals surface area (Å²) >= 11 is 0. The molecule has 4 nitrogen and oxygen atoms in total. The van der Waals surface area contributed by atoms with E-state index >= 15 is 0 Å². The summed E-state index contributed by atoms with van der Waals surface area (Å²) in [7, 11) is -7.32. The molecule has 0 aromatic rings. The molecule has 0 unspecified atom stereocenters. The molecule has 0 atom stereocenters. The van der Waals surface area contributed by atoms with Crippen molar-refractivity contribution in [2.45, 2.75) is 168 Å². The van der Waals surface area contributed by atoms with E-state index in [0.717, 1.165) is 52.9 Å². The van der Waals surface area contributed by atoms with Crippen molar-refractivity contribution in [1.29, 1.82) is 0 Å². The van der Waals surface area contributed by atoms with Gasteiger partial charge in [0.05, 0.1) is 0 Å². The molecule has 4 saturated heterocycles. The molecule has 4 aliphatic rings. The Balaban J connectivity index is -0.000000721. The summed E-state index contributed by atoms with van der Waals surface area (Å²) in [4.78, 5) is 4.31. The third kappa shape index (κ3) is 27.1. The summed E-state index contributed by atoms with van der Waals surface area (Å²) in [6, 6.07) is 3.10. The summed E-state index contributed by atoms with van der Waals surface area (Å²) in [5.74, 6) is 0. The van der Waals surface area contributed by atoms with Gasteiger partial charge < -0.3 is 28.5 Å². The predicted molar refractivity (Wildman–Crippen MR) is 225 cm³/mol. The average Bonchev–Trinajstić information content (AvgIpc) is 3.72. The molecule has 0 radical (unpaired) electrons. The normalized spacial score (nSPS) is 18.6. The minimum atomic E-state index is -1.29. The van der Waals surface area contributed by atoms with Crippen LogP contribution >= 0.6 is 0 Å². The number of rotatable bonds is 9. The van der Waals surface area contributed by atoms with Gasteiger partial charge in [-0.1, -0.05) is 133 Å². The van der Waals surface area contributed by atoms with Gasteiger partial charge in [-0.05, 0) is 51.4 Å². The zero-order chi connectivity index (χ0) is 35.7. The molecular formula is C36H84K2O4Si6. The van der Waals surface area contributed by atoms with E-state index in [1.54, 1.807) is 12.1 Å². The Morgan fingerprint density at radius 2 is 0.458 bits per heavy atom. The van der Waals surface area contributed by atoms with Crippen LogP contribution in [0.3, 0.4) is 0 Å². The first-order chi connectivity index (χ1) is 20.9. The zero-order valence-corrected chi connectivity index (χ0v) is 48.6. The van der Waals surface area contributed by atoms with Crippen LogP contribution in [0.2, 0.25) is 117 Å². The molecular weight excluding hydrogens is 743 g/mol. The Labute approximate surface area is 394 Å². The van der Waals surface area contributed by atoms with Gasteiger partial charge in [0, 0.05) is 52.9 Å². The Hall–Kier alpha value is 4.41. The maximum Gasteiger partial charge on any atom is 1.00 e. The quantitative estimate of drug-likeness (QED) is 0.233. The van der Waals surface area contributed by atoms with E-state index in [1.807, 2.05) is 0 Å². The van der Waals surface area contributed by atoms with E-state index in [9.17, 15) is 0 Å². The van der Waals surface area contributed by atoms with Gasteiger partial charge in [-0.2, -0.15) is 0 Å². The molecule has 0 aromatic heterocycles. The van der Waals surface area contributed by atoms with Crippen molar-refractivity contribution >= 4 is 48.4 Å². The monoisotopic (exact) mass is 826 g/mol. The topological polar surface area (TPSA) is 36.9 Å². The van der Waals surface area contributed by atoms with Crippen molar-refractivity contribution in [3.05, 3.63) is 9.58 Å². The summed E-state index contributed by atoms with van der Waals surface area (Å²) in [6.45, 7) is 50.4. The van der Waals surface area contributed by atoms with Gasteiger partial charge >= 0.3 is 103 Å². The van der Waals surface area contributed by atoms with Crippen LogP contribution in [0.4, 0.5) is 0 Å². The molecule has 48 heavy (non-hydrogen) atoms. The molecule has 0 aromatic carbocycles. The largest absolute Gasteiger partial charge is 1.00 e. The summed E-state index contributed by atoms with van der Waals surface area (Å²) in [5.41, 5.74) is 0. The van der Waals surface area contributed by atoms with E-state index in [-0.39, 0.29) is 103 Å². The molecule has 4 heterocycles. The number of hydrogen-bond acceptors (Lipinski definition) is 4. The maximum atomic E-state index is 4.94.